The molecular weight excluding hydrogens is 250 g/mol. The normalized spacial score (nSPS) is 11.5. The van der Waals surface area contributed by atoms with E-state index in [0.29, 0.717) is 12.2 Å². The number of ether oxygens (including phenoxy) is 1. The molecule has 0 bridgehead atoms. The van der Waals surface area contributed by atoms with Crippen LogP contribution in [0.15, 0.2) is 12.1 Å². The molecule has 0 heterocycles. The van der Waals surface area contributed by atoms with E-state index >= 15 is 0 Å². The molecule has 102 valence electrons. The van der Waals surface area contributed by atoms with Crippen molar-refractivity contribution in [3.8, 4) is 5.75 Å². The zero-order valence-electron chi connectivity index (χ0n) is 11.2. The highest BCUT2D eigenvalue weighted by molar-refractivity contribution is 7.91. The van der Waals surface area contributed by atoms with Crippen molar-refractivity contribution < 1.29 is 13.2 Å². The van der Waals surface area contributed by atoms with Crippen molar-refractivity contribution in [1.29, 1.82) is 0 Å². The summed E-state index contributed by atoms with van der Waals surface area (Å²) in [6.45, 7) is 5.83. The van der Waals surface area contributed by atoms with Crippen molar-refractivity contribution in [2.24, 2.45) is 0 Å². The number of benzene rings is 1. The van der Waals surface area contributed by atoms with E-state index in [9.17, 15) is 8.42 Å². The largest absolute Gasteiger partial charge is 0.492 e. The summed E-state index contributed by atoms with van der Waals surface area (Å²) in [4.78, 5) is 0. The van der Waals surface area contributed by atoms with E-state index in [-0.39, 0.29) is 18.1 Å². The molecule has 5 heteroatoms. The van der Waals surface area contributed by atoms with E-state index in [4.69, 9.17) is 10.5 Å². The van der Waals surface area contributed by atoms with Crippen LogP contribution in [-0.4, -0.2) is 26.5 Å². The Balaban J connectivity index is 2.62. The van der Waals surface area contributed by atoms with E-state index in [1.165, 1.54) is 0 Å². The van der Waals surface area contributed by atoms with Crippen molar-refractivity contribution in [1.82, 2.24) is 0 Å². The van der Waals surface area contributed by atoms with E-state index < -0.39 is 9.84 Å². The molecule has 1 aromatic rings. The zero-order chi connectivity index (χ0) is 13.8. The smallest absolute Gasteiger partial charge is 0.153 e. The summed E-state index contributed by atoms with van der Waals surface area (Å²) in [6, 6.07) is 3.68. The lowest BCUT2D eigenvalue weighted by molar-refractivity contribution is 0.338. The Labute approximate surface area is 109 Å². The second-order valence-corrected chi connectivity index (χ2v) is 6.78. The van der Waals surface area contributed by atoms with Gasteiger partial charge in [-0.15, -0.1) is 0 Å². The van der Waals surface area contributed by atoms with Crippen LogP contribution >= 0.6 is 0 Å². The van der Waals surface area contributed by atoms with Crippen LogP contribution < -0.4 is 10.5 Å². The Hall–Kier alpha value is -1.23. The van der Waals surface area contributed by atoms with Crippen LogP contribution in [0.4, 0.5) is 5.69 Å². The molecule has 0 amide bonds. The average Bonchev–Trinajstić information content (AvgIpc) is 2.25. The molecule has 0 fully saturated rings. The number of hydrogen-bond donors (Lipinski definition) is 1. The lowest BCUT2D eigenvalue weighted by atomic mass is 10.1. The summed E-state index contributed by atoms with van der Waals surface area (Å²) >= 11 is 0. The fourth-order valence-corrected chi connectivity index (χ4v) is 2.82. The van der Waals surface area contributed by atoms with Crippen LogP contribution in [0.5, 0.6) is 5.75 Å². The van der Waals surface area contributed by atoms with Gasteiger partial charge >= 0.3 is 0 Å². The SMILES string of the molecule is CCCS(=O)(=O)CCOc1cc(C)c(N)cc1C. The maximum Gasteiger partial charge on any atom is 0.153 e. The predicted molar refractivity (Wildman–Crippen MR) is 74.8 cm³/mol. The van der Waals surface area contributed by atoms with Gasteiger partial charge in [0.05, 0.1) is 11.5 Å². The highest BCUT2D eigenvalue weighted by Crippen LogP contribution is 2.24. The van der Waals surface area contributed by atoms with Gasteiger partial charge in [-0.25, -0.2) is 8.42 Å². The minimum absolute atomic E-state index is 0.0592. The summed E-state index contributed by atoms with van der Waals surface area (Å²) in [5.41, 5.74) is 8.36. The van der Waals surface area contributed by atoms with E-state index in [1.54, 1.807) is 0 Å². The van der Waals surface area contributed by atoms with Crippen LogP contribution in [0.2, 0.25) is 0 Å². The number of rotatable bonds is 6. The van der Waals surface area contributed by atoms with Gasteiger partial charge in [-0.2, -0.15) is 0 Å². The minimum Gasteiger partial charge on any atom is -0.492 e. The molecule has 0 atom stereocenters. The van der Waals surface area contributed by atoms with Crippen LogP contribution in [0.3, 0.4) is 0 Å². The molecule has 0 aromatic heterocycles. The number of sulfone groups is 1. The van der Waals surface area contributed by atoms with Gasteiger partial charge in [-0.1, -0.05) is 6.92 Å². The van der Waals surface area contributed by atoms with Crippen molar-refractivity contribution in [3.63, 3.8) is 0 Å². The van der Waals surface area contributed by atoms with Crippen molar-refractivity contribution in [2.75, 3.05) is 23.8 Å². The Bertz CT molecular complexity index is 509. The van der Waals surface area contributed by atoms with Crippen molar-refractivity contribution >= 4 is 15.5 Å². The molecule has 0 saturated heterocycles. The predicted octanol–water partition coefficient (Wildman–Crippen LogP) is 2.09. The molecule has 0 aliphatic heterocycles. The average molecular weight is 271 g/mol. The molecule has 0 saturated carbocycles. The molecule has 0 aliphatic rings. The summed E-state index contributed by atoms with van der Waals surface area (Å²) in [6.07, 6.45) is 0.641. The summed E-state index contributed by atoms with van der Waals surface area (Å²) in [5.74, 6) is 0.980. The molecule has 4 nitrogen and oxygen atoms in total. The van der Waals surface area contributed by atoms with E-state index in [2.05, 4.69) is 0 Å². The molecule has 1 aromatic carbocycles. The van der Waals surface area contributed by atoms with E-state index in [1.807, 2.05) is 32.9 Å². The second kappa shape index (κ2) is 6.09. The van der Waals surface area contributed by atoms with Crippen molar-refractivity contribution in [2.45, 2.75) is 27.2 Å². The maximum atomic E-state index is 11.5. The second-order valence-electron chi connectivity index (χ2n) is 4.47. The highest BCUT2D eigenvalue weighted by Gasteiger charge is 2.10. The first-order chi connectivity index (χ1) is 8.35. The molecule has 0 spiro atoms. The Kier molecular flexibility index (Phi) is 5.02. The van der Waals surface area contributed by atoms with E-state index in [0.717, 1.165) is 16.8 Å². The Morgan fingerprint density at radius 3 is 2.44 bits per heavy atom. The lowest BCUT2D eigenvalue weighted by Crippen LogP contribution is -2.17. The number of nitrogens with two attached hydrogens (primary N) is 1. The van der Waals surface area contributed by atoms with Gasteiger partial charge in [-0.05, 0) is 43.5 Å². The number of aryl methyl sites for hydroxylation is 2. The summed E-state index contributed by atoms with van der Waals surface area (Å²) in [5, 5.41) is 0. The van der Waals surface area contributed by atoms with Gasteiger partial charge in [0, 0.05) is 5.69 Å². The monoisotopic (exact) mass is 271 g/mol. The third-order valence-corrected chi connectivity index (χ3v) is 4.55. The first-order valence-corrected chi connectivity index (χ1v) is 7.88. The standard InChI is InChI=1S/C13H21NO3S/c1-4-6-18(15,16)7-5-17-13-9-10(2)12(14)8-11(13)3/h8-9H,4-7,14H2,1-3H3. The molecule has 0 unspecified atom stereocenters. The molecule has 2 N–H and O–H groups in total. The number of hydrogen-bond acceptors (Lipinski definition) is 4. The molecule has 0 radical (unpaired) electrons. The minimum atomic E-state index is -2.98. The van der Waals surface area contributed by atoms with Crippen molar-refractivity contribution in [3.05, 3.63) is 23.3 Å². The molecule has 18 heavy (non-hydrogen) atoms. The number of anilines is 1. The van der Waals surface area contributed by atoms with Crippen LogP contribution in [0, 0.1) is 13.8 Å². The fourth-order valence-electron chi connectivity index (χ4n) is 1.66. The maximum absolute atomic E-state index is 11.5. The Morgan fingerprint density at radius 1 is 1.17 bits per heavy atom. The topological polar surface area (TPSA) is 69.4 Å². The molecule has 0 aliphatic carbocycles. The fraction of sp³-hybridized carbons (Fsp3) is 0.538. The van der Waals surface area contributed by atoms with Gasteiger partial charge < -0.3 is 10.5 Å². The molecular formula is C13H21NO3S. The first-order valence-electron chi connectivity index (χ1n) is 6.05. The molecule has 1 rings (SSSR count). The van der Waals surface area contributed by atoms with Crippen LogP contribution in [-0.2, 0) is 9.84 Å². The third-order valence-electron chi connectivity index (χ3n) is 2.73. The lowest BCUT2D eigenvalue weighted by Gasteiger charge is -2.11. The van der Waals surface area contributed by atoms with Crippen LogP contribution in [0.1, 0.15) is 24.5 Å². The quantitative estimate of drug-likeness (QED) is 0.804. The Morgan fingerprint density at radius 2 is 1.83 bits per heavy atom. The first kappa shape index (κ1) is 14.8. The van der Waals surface area contributed by atoms with Crippen LogP contribution in [0.25, 0.3) is 0 Å². The highest BCUT2D eigenvalue weighted by atomic mass is 32.2. The summed E-state index contributed by atoms with van der Waals surface area (Å²) in [7, 11) is -2.98. The number of nitrogen functional groups attached to an aromatic ring is 1. The van der Waals surface area contributed by atoms with Gasteiger partial charge in [0.15, 0.2) is 9.84 Å². The van der Waals surface area contributed by atoms with Gasteiger partial charge in [0.25, 0.3) is 0 Å². The summed E-state index contributed by atoms with van der Waals surface area (Å²) < 4.78 is 28.6. The third kappa shape index (κ3) is 4.22. The zero-order valence-corrected chi connectivity index (χ0v) is 12.0. The van der Waals surface area contributed by atoms with Gasteiger partial charge in [0.2, 0.25) is 0 Å². The van der Waals surface area contributed by atoms with Gasteiger partial charge in [0.1, 0.15) is 12.4 Å². The van der Waals surface area contributed by atoms with Gasteiger partial charge in [-0.3, -0.25) is 0 Å².